The third-order valence-electron chi connectivity index (χ3n) is 2.76. The number of amides is 2. The minimum Gasteiger partial charge on any atom is -0.378 e. The van der Waals surface area contributed by atoms with Gasteiger partial charge < -0.3 is 10.1 Å². The molecule has 16 heavy (non-hydrogen) atoms. The van der Waals surface area contributed by atoms with Crippen molar-refractivity contribution in [2.24, 2.45) is 0 Å². The molecule has 2 aliphatic heterocycles. The summed E-state index contributed by atoms with van der Waals surface area (Å²) in [6, 6.07) is 0.0791. The van der Waals surface area contributed by atoms with Crippen molar-refractivity contribution in [3.05, 3.63) is 12.2 Å². The van der Waals surface area contributed by atoms with Crippen LogP contribution in [0.1, 0.15) is 12.8 Å². The molecule has 0 aromatic carbocycles. The van der Waals surface area contributed by atoms with Gasteiger partial charge in [-0.3, -0.25) is 14.5 Å². The van der Waals surface area contributed by atoms with Crippen LogP contribution in [0.2, 0.25) is 0 Å². The molecule has 5 nitrogen and oxygen atoms in total. The van der Waals surface area contributed by atoms with E-state index in [-0.39, 0.29) is 17.9 Å². The lowest BCUT2D eigenvalue weighted by Crippen LogP contribution is -2.40. The van der Waals surface area contributed by atoms with Gasteiger partial charge in [0.15, 0.2) is 0 Å². The second-order valence-corrected chi connectivity index (χ2v) is 3.98. The van der Waals surface area contributed by atoms with E-state index in [1.807, 2.05) is 0 Å². The number of hydrogen-bond donors (Lipinski definition) is 1. The van der Waals surface area contributed by atoms with E-state index in [4.69, 9.17) is 4.74 Å². The van der Waals surface area contributed by atoms with Crippen LogP contribution in [0.15, 0.2) is 12.2 Å². The molecule has 0 saturated carbocycles. The van der Waals surface area contributed by atoms with Gasteiger partial charge in [0.25, 0.3) is 5.91 Å². The van der Waals surface area contributed by atoms with Crippen molar-refractivity contribution in [2.45, 2.75) is 18.9 Å². The fourth-order valence-electron chi connectivity index (χ4n) is 1.88. The molecule has 0 bridgehead atoms. The minimum absolute atomic E-state index is 0.0671. The number of carbonyl (C=O) groups excluding carboxylic acids is 2. The van der Waals surface area contributed by atoms with Gasteiger partial charge in [0.05, 0.1) is 13.2 Å². The summed E-state index contributed by atoms with van der Waals surface area (Å²) in [6.07, 6.45) is 4.51. The average molecular weight is 224 g/mol. The summed E-state index contributed by atoms with van der Waals surface area (Å²) in [6.45, 7) is 2.64. The number of rotatable bonds is 2. The smallest absolute Gasteiger partial charge is 0.252 e. The maximum Gasteiger partial charge on any atom is 0.252 e. The maximum atomic E-state index is 11.6. The topological polar surface area (TPSA) is 58.6 Å². The Morgan fingerprint density at radius 1 is 1.56 bits per heavy atom. The molecule has 1 unspecified atom stereocenters. The molecular formula is C11H16N2O3. The van der Waals surface area contributed by atoms with E-state index in [2.05, 4.69) is 5.32 Å². The van der Waals surface area contributed by atoms with Crippen molar-refractivity contribution in [1.29, 1.82) is 0 Å². The van der Waals surface area contributed by atoms with Crippen molar-refractivity contribution in [3.8, 4) is 0 Å². The van der Waals surface area contributed by atoms with Crippen LogP contribution >= 0.6 is 0 Å². The lowest BCUT2D eigenvalue weighted by Gasteiger charge is -2.20. The predicted molar refractivity (Wildman–Crippen MR) is 57.7 cm³/mol. The number of imide groups is 1. The van der Waals surface area contributed by atoms with Crippen LogP contribution in [-0.2, 0) is 14.3 Å². The first-order valence-corrected chi connectivity index (χ1v) is 5.61. The van der Waals surface area contributed by atoms with Crippen LogP contribution in [-0.4, -0.2) is 49.1 Å². The molecule has 2 saturated heterocycles. The number of nitrogens with zero attached hydrogens (tertiary/aromatic N) is 1. The maximum absolute atomic E-state index is 11.6. The van der Waals surface area contributed by atoms with Crippen LogP contribution in [0, 0.1) is 0 Å². The van der Waals surface area contributed by atoms with E-state index in [0.717, 1.165) is 13.0 Å². The van der Waals surface area contributed by atoms with Gasteiger partial charge in [-0.1, -0.05) is 6.08 Å². The SMILES string of the molecule is O=C(/C=C/C1COCCN1)N1CCCC1=O. The minimum atomic E-state index is -0.213. The van der Waals surface area contributed by atoms with Crippen LogP contribution in [0.5, 0.6) is 0 Å². The highest BCUT2D eigenvalue weighted by Gasteiger charge is 2.24. The summed E-state index contributed by atoms with van der Waals surface area (Å²) < 4.78 is 5.26. The highest BCUT2D eigenvalue weighted by atomic mass is 16.5. The second kappa shape index (κ2) is 5.23. The zero-order valence-electron chi connectivity index (χ0n) is 9.15. The van der Waals surface area contributed by atoms with E-state index < -0.39 is 0 Å². The first-order valence-electron chi connectivity index (χ1n) is 5.61. The quantitative estimate of drug-likeness (QED) is 0.653. The van der Waals surface area contributed by atoms with Gasteiger partial charge in [0.1, 0.15) is 0 Å². The van der Waals surface area contributed by atoms with Gasteiger partial charge in [0.2, 0.25) is 5.91 Å². The number of nitrogens with one attached hydrogen (secondary N) is 1. The van der Waals surface area contributed by atoms with Gasteiger partial charge in [-0.2, -0.15) is 0 Å². The van der Waals surface area contributed by atoms with Crippen LogP contribution in [0.3, 0.4) is 0 Å². The Hall–Kier alpha value is -1.20. The number of morpholine rings is 1. The van der Waals surface area contributed by atoms with Crippen molar-refractivity contribution in [3.63, 3.8) is 0 Å². The number of hydrogen-bond acceptors (Lipinski definition) is 4. The van der Waals surface area contributed by atoms with E-state index in [0.29, 0.717) is 26.2 Å². The van der Waals surface area contributed by atoms with Crippen LogP contribution < -0.4 is 5.32 Å². The zero-order chi connectivity index (χ0) is 11.4. The summed E-state index contributed by atoms with van der Waals surface area (Å²) >= 11 is 0. The molecule has 2 fully saturated rings. The Kier molecular flexibility index (Phi) is 3.69. The summed E-state index contributed by atoms with van der Waals surface area (Å²) in [5.41, 5.74) is 0. The second-order valence-electron chi connectivity index (χ2n) is 3.98. The zero-order valence-corrected chi connectivity index (χ0v) is 9.15. The largest absolute Gasteiger partial charge is 0.378 e. The molecule has 0 radical (unpaired) electrons. The van der Waals surface area contributed by atoms with Crippen molar-refractivity contribution in [1.82, 2.24) is 10.2 Å². The number of carbonyl (C=O) groups is 2. The molecule has 2 amide bonds. The third-order valence-corrected chi connectivity index (χ3v) is 2.76. The van der Waals surface area contributed by atoms with Crippen LogP contribution in [0.25, 0.3) is 0 Å². The highest BCUT2D eigenvalue weighted by Crippen LogP contribution is 2.10. The Labute approximate surface area is 94.4 Å². The molecular weight excluding hydrogens is 208 g/mol. The highest BCUT2D eigenvalue weighted by molar-refractivity contribution is 6.01. The summed E-state index contributed by atoms with van der Waals surface area (Å²) in [7, 11) is 0. The molecule has 88 valence electrons. The molecule has 2 aliphatic rings. The Morgan fingerprint density at radius 3 is 3.06 bits per heavy atom. The van der Waals surface area contributed by atoms with Gasteiger partial charge in [-0.15, -0.1) is 0 Å². The lowest BCUT2D eigenvalue weighted by atomic mass is 10.2. The fraction of sp³-hybridized carbons (Fsp3) is 0.636. The van der Waals surface area contributed by atoms with Gasteiger partial charge in [0, 0.05) is 31.6 Å². The summed E-state index contributed by atoms with van der Waals surface area (Å²) in [4.78, 5) is 24.3. The van der Waals surface area contributed by atoms with Gasteiger partial charge in [-0.05, 0) is 6.42 Å². The Morgan fingerprint density at radius 2 is 2.44 bits per heavy atom. The van der Waals surface area contributed by atoms with E-state index in [1.54, 1.807) is 6.08 Å². The number of ether oxygens (including phenoxy) is 1. The first kappa shape index (κ1) is 11.3. The number of likely N-dealkylation sites (tertiary alicyclic amines) is 1. The molecule has 1 atom stereocenters. The van der Waals surface area contributed by atoms with Crippen molar-refractivity contribution >= 4 is 11.8 Å². The van der Waals surface area contributed by atoms with Crippen molar-refractivity contribution in [2.75, 3.05) is 26.3 Å². The van der Waals surface area contributed by atoms with Gasteiger partial charge >= 0.3 is 0 Å². The first-order chi connectivity index (χ1) is 7.77. The normalized spacial score (nSPS) is 26.6. The molecule has 2 heterocycles. The molecule has 2 rings (SSSR count). The van der Waals surface area contributed by atoms with Gasteiger partial charge in [-0.25, -0.2) is 0 Å². The average Bonchev–Trinajstić information content (AvgIpc) is 2.74. The molecule has 1 N–H and O–H groups in total. The molecule has 0 aromatic rings. The monoisotopic (exact) mass is 224 g/mol. The summed E-state index contributed by atoms with van der Waals surface area (Å²) in [5.74, 6) is -0.280. The Balaban J connectivity index is 1.85. The molecule has 0 spiro atoms. The van der Waals surface area contributed by atoms with Crippen molar-refractivity contribution < 1.29 is 14.3 Å². The standard InChI is InChI=1S/C11H16N2O3/c14-10-2-1-6-13(10)11(15)4-3-9-8-16-7-5-12-9/h3-4,9,12H,1-2,5-8H2/b4-3+. The Bertz CT molecular complexity index is 308. The lowest BCUT2D eigenvalue weighted by molar-refractivity contribution is -0.138. The van der Waals surface area contributed by atoms with Crippen LogP contribution in [0.4, 0.5) is 0 Å². The summed E-state index contributed by atoms with van der Waals surface area (Å²) in [5, 5.41) is 3.21. The predicted octanol–water partition coefficient (Wildman–Crippen LogP) is -0.320. The van der Waals surface area contributed by atoms with E-state index in [1.165, 1.54) is 11.0 Å². The molecule has 0 aliphatic carbocycles. The van der Waals surface area contributed by atoms with E-state index in [9.17, 15) is 9.59 Å². The molecule has 0 aromatic heterocycles. The third kappa shape index (κ3) is 2.68. The molecule has 5 heteroatoms. The fourth-order valence-corrected chi connectivity index (χ4v) is 1.88. The van der Waals surface area contributed by atoms with E-state index >= 15 is 0 Å².